The molecule has 1 saturated heterocycles. The summed E-state index contributed by atoms with van der Waals surface area (Å²) in [5.74, 6) is 0.626. The summed E-state index contributed by atoms with van der Waals surface area (Å²) in [7, 11) is 2.01. The highest BCUT2D eigenvalue weighted by atomic mass is 35.5. The summed E-state index contributed by atoms with van der Waals surface area (Å²) in [6.45, 7) is 6.34. The minimum atomic E-state index is -0.138. The molecule has 0 amide bonds. The number of benzene rings is 1. The molecule has 1 fully saturated rings. The zero-order valence-electron chi connectivity index (χ0n) is 11.1. The highest BCUT2D eigenvalue weighted by Gasteiger charge is 2.21. The molecule has 0 bridgehead atoms. The standard InChI is InChI=1S/C14H21FN2.ClH/c1-11-7-14(15)4-3-13(11)10-17-6-5-12(9-17)8-16-2;/h3-4,7,12,16H,5-6,8-10H2,1-2H3;1H. The normalized spacial score (nSPS) is 19.8. The van der Waals surface area contributed by atoms with Crippen LogP contribution in [0, 0.1) is 18.7 Å². The molecule has 2 rings (SSSR count). The lowest BCUT2D eigenvalue weighted by Gasteiger charge is -2.17. The Kier molecular flexibility index (Phi) is 6.06. The van der Waals surface area contributed by atoms with E-state index in [1.807, 2.05) is 20.0 Å². The zero-order valence-corrected chi connectivity index (χ0v) is 11.9. The summed E-state index contributed by atoms with van der Waals surface area (Å²) in [6, 6.07) is 5.09. The van der Waals surface area contributed by atoms with Crippen LogP contribution in [0.25, 0.3) is 0 Å². The fraction of sp³-hybridized carbons (Fsp3) is 0.571. The number of nitrogens with one attached hydrogen (secondary N) is 1. The van der Waals surface area contributed by atoms with Crippen molar-refractivity contribution < 1.29 is 4.39 Å². The van der Waals surface area contributed by atoms with Crippen LogP contribution in [0.15, 0.2) is 18.2 Å². The van der Waals surface area contributed by atoms with Crippen molar-refractivity contribution in [3.63, 3.8) is 0 Å². The maximum Gasteiger partial charge on any atom is 0.123 e. The molecule has 1 N–H and O–H groups in total. The molecule has 1 aromatic rings. The van der Waals surface area contributed by atoms with Crippen molar-refractivity contribution in [3.05, 3.63) is 35.1 Å². The molecular weight excluding hydrogens is 251 g/mol. The molecule has 0 aliphatic carbocycles. The second kappa shape index (κ2) is 7.07. The minimum Gasteiger partial charge on any atom is -0.319 e. The van der Waals surface area contributed by atoms with Crippen LogP contribution < -0.4 is 5.32 Å². The highest BCUT2D eigenvalue weighted by Crippen LogP contribution is 2.20. The first-order chi connectivity index (χ1) is 8.19. The number of rotatable bonds is 4. The Hall–Kier alpha value is -0.640. The topological polar surface area (TPSA) is 15.3 Å². The van der Waals surface area contributed by atoms with Crippen LogP contribution in [-0.4, -0.2) is 31.6 Å². The first-order valence-corrected chi connectivity index (χ1v) is 6.31. The smallest absolute Gasteiger partial charge is 0.123 e. The van der Waals surface area contributed by atoms with Gasteiger partial charge in [-0.15, -0.1) is 12.4 Å². The van der Waals surface area contributed by atoms with Crippen molar-refractivity contribution in [1.29, 1.82) is 0 Å². The predicted octanol–water partition coefficient (Wildman–Crippen LogP) is 2.60. The molecule has 1 unspecified atom stereocenters. The van der Waals surface area contributed by atoms with E-state index in [0.29, 0.717) is 0 Å². The van der Waals surface area contributed by atoms with Gasteiger partial charge in [0.1, 0.15) is 5.82 Å². The van der Waals surface area contributed by atoms with Crippen LogP contribution in [0.4, 0.5) is 4.39 Å². The van der Waals surface area contributed by atoms with Crippen LogP contribution >= 0.6 is 12.4 Å². The highest BCUT2D eigenvalue weighted by molar-refractivity contribution is 5.85. The van der Waals surface area contributed by atoms with Gasteiger partial charge in [-0.25, -0.2) is 4.39 Å². The molecule has 1 aliphatic heterocycles. The third-order valence-corrected chi connectivity index (χ3v) is 3.56. The van der Waals surface area contributed by atoms with E-state index in [1.165, 1.54) is 12.0 Å². The van der Waals surface area contributed by atoms with E-state index in [1.54, 1.807) is 12.1 Å². The second-order valence-electron chi connectivity index (χ2n) is 5.02. The number of hydrogen-bond donors (Lipinski definition) is 1. The van der Waals surface area contributed by atoms with Gasteiger partial charge in [-0.3, -0.25) is 4.90 Å². The lowest BCUT2D eigenvalue weighted by molar-refractivity contribution is 0.314. The number of aryl methyl sites for hydroxylation is 1. The predicted molar refractivity (Wildman–Crippen MR) is 75.7 cm³/mol. The van der Waals surface area contributed by atoms with Crippen LogP contribution in [0.2, 0.25) is 0 Å². The third kappa shape index (κ3) is 3.94. The molecule has 4 heteroatoms. The van der Waals surface area contributed by atoms with E-state index in [4.69, 9.17) is 0 Å². The number of hydrogen-bond acceptors (Lipinski definition) is 2. The average molecular weight is 273 g/mol. The van der Waals surface area contributed by atoms with E-state index < -0.39 is 0 Å². The van der Waals surface area contributed by atoms with Gasteiger partial charge in [0.05, 0.1) is 0 Å². The molecule has 18 heavy (non-hydrogen) atoms. The average Bonchev–Trinajstić information content (AvgIpc) is 2.71. The van der Waals surface area contributed by atoms with E-state index in [0.717, 1.165) is 37.7 Å². The van der Waals surface area contributed by atoms with Crippen molar-refractivity contribution >= 4 is 12.4 Å². The molecule has 2 nitrogen and oxygen atoms in total. The fourth-order valence-corrected chi connectivity index (χ4v) is 2.59. The summed E-state index contributed by atoms with van der Waals surface area (Å²) in [5.41, 5.74) is 2.30. The van der Waals surface area contributed by atoms with Gasteiger partial charge in [-0.05, 0) is 62.7 Å². The Balaban J connectivity index is 0.00000162. The Morgan fingerprint density at radius 3 is 2.89 bits per heavy atom. The zero-order chi connectivity index (χ0) is 12.3. The first-order valence-electron chi connectivity index (χ1n) is 6.31. The Labute approximate surface area is 115 Å². The monoisotopic (exact) mass is 272 g/mol. The van der Waals surface area contributed by atoms with Gasteiger partial charge in [0.2, 0.25) is 0 Å². The molecule has 0 saturated carbocycles. The van der Waals surface area contributed by atoms with Crippen LogP contribution in [0.3, 0.4) is 0 Å². The summed E-state index contributed by atoms with van der Waals surface area (Å²) in [5, 5.41) is 3.24. The number of halogens is 2. The lowest BCUT2D eigenvalue weighted by Crippen LogP contribution is -2.24. The molecule has 1 aliphatic rings. The Bertz CT molecular complexity index is 384. The molecular formula is C14H22ClFN2. The molecule has 1 aromatic carbocycles. The molecule has 1 atom stereocenters. The van der Waals surface area contributed by atoms with Crippen molar-refractivity contribution in [2.75, 3.05) is 26.7 Å². The molecule has 0 spiro atoms. The molecule has 1 heterocycles. The van der Waals surface area contributed by atoms with Gasteiger partial charge in [-0.1, -0.05) is 6.07 Å². The van der Waals surface area contributed by atoms with E-state index >= 15 is 0 Å². The van der Waals surface area contributed by atoms with Crippen molar-refractivity contribution in [3.8, 4) is 0 Å². The van der Waals surface area contributed by atoms with Crippen LogP contribution in [0.5, 0.6) is 0 Å². The molecule has 102 valence electrons. The van der Waals surface area contributed by atoms with Gasteiger partial charge < -0.3 is 5.32 Å². The molecule has 0 aromatic heterocycles. The fourth-order valence-electron chi connectivity index (χ4n) is 2.59. The van der Waals surface area contributed by atoms with Gasteiger partial charge in [0, 0.05) is 13.1 Å². The van der Waals surface area contributed by atoms with Crippen molar-refractivity contribution in [2.24, 2.45) is 5.92 Å². The minimum absolute atomic E-state index is 0. The lowest BCUT2D eigenvalue weighted by atomic mass is 10.1. The molecule has 0 radical (unpaired) electrons. The van der Waals surface area contributed by atoms with Crippen molar-refractivity contribution in [2.45, 2.75) is 19.9 Å². The maximum absolute atomic E-state index is 13.0. The second-order valence-corrected chi connectivity index (χ2v) is 5.02. The summed E-state index contributed by atoms with van der Waals surface area (Å²) in [4.78, 5) is 2.46. The van der Waals surface area contributed by atoms with Crippen LogP contribution in [0.1, 0.15) is 17.5 Å². The van der Waals surface area contributed by atoms with Gasteiger partial charge in [0.15, 0.2) is 0 Å². The maximum atomic E-state index is 13.0. The summed E-state index contributed by atoms with van der Waals surface area (Å²) in [6.07, 6.45) is 1.26. The van der Waals surface area contributed by atoms with Gasteiger partial charge in [0.25, 0.3) is 0 Å². The SMILES string of the molecule is CNCC1CCN(Cc2ccc(F)cc2C)C1.Cl. The largest absolute Gasteiger partial charge is 0.319 e. The first kappa shape index (κ1) is 15.4. The van der Waals surface area contributed by atoms with Gasteiger partial charge in [-0.2, -0.15) is 0 Å². The number of likely N-dealkylation sites (tertiary alicyclic amines) is 1. The summed E-state index contributed by atoms with van der Waals surface area (Å²) >= 11 is 0. The van der Waals surface area contributed by atoms with Crippen molar-refractivity contribution in [1.82, 2.24) is 10.2 Å². The van der Waals surface area contributed by atoms with E-state index in [-0.39, 0.29) is 18.2 Å². The van der Waals surface area contributed by atoms with E-state index in [9.17, 15) is 4.39 Å². The summed E-state index contributed by atoms with van der Waals surface area (Å²) < 4.78 is 13.0. The third-order valence-electron chi connectivity index (χ3n) is 3.56. The Morgan fingerprint density at radius 2 is 2.22 bits per heavy atom. The quantitative estimate of drug-likeness (QED) is 0.906. The Morgan fingerprint density at radius 1 is 1.44 bits per heavy atom. The van der Waals surface area contributed by atoms with E-state index in [2.05, 4.69) is 10.2 Å². The number of nitrogens with zero attached hydrogens (tertiary/aromatic N) is 1. The van der Waals surface area contributed by atoms with Gasteiger partial charge >= 0.3 is 0 Å². The van der Waals surface area contributed by atoms with Crippen LogP contribution in [-0.2, 0) is 6.54 Å².